The van der Waals surface area contributed by atoms with Gasteiger partial charge in [-0.2, -0.15) is 52.8 Å². The van der Waals surface area contributed by atoms with Crippen LogP contribution in [0.15, 0.2) is 187 Å². The van der Waals surface area contributed by atoms with Crippen LogP contribution in [-0.4, -0.2) is 98.8 Å². The number of benzene rings is 8. The highest BCUT2D eigenvalue weighted by Crippen LogP contribution is 2.56. The first-order valence-electron chi connectivity index (χ1n) is 25.5. The van der Waals surface area contributed by atoms with E-state index < -0.39 is 139 Å². The van der Waals surface area contributed by atoms with Crippen LogP contribution in [0.3, 0.4) is 0 Å². The molecule has 0 atom stereocenters. The van der Waals surface area contributed by atoms with Crippen molar-refractivity contribution >= 4 is 144 Å². The summed E-state index contributed by atoms with van der Waals surface area (Å²) in [5.41, 5.74) is 34.3. The number of allylic oxidation sites excluding steroid dienone is 4. The molecule has 0 bridgehead atoms. The molecule has 0 N–H and O–H groups in total. The van der Waals surface area contributed by atoms with Crippen molar-refractivity contribution < 1.29 is 88.7 Å². The molecule has 0 amide bonds. The van der Waals surface area contributed by atoms with Crippen molar-refractivity contribution in [1.82, 2.24) is 0 Å². The van der Waals surface area contributed by atoms with Crippen molar-refractivity contribution in [2.24, 2.45) is 0 Å². The van der Waals surface area contributed by atoms with Crippen molar-refractivity contribution in [1.29, 1.82) is 0 Å². The van der Waals surface area contributed by atoms with E-state index >= 15 is 25.3 Å². The van der Waals surface area contributed by atoms with E-state index in [1.54, 1.807) is 12.1 Å². The second kappa shape index (κ2) is 21.9. The average Bonchev–Trinajstić information content (AvgIpc) is 0.801. The molecule has 12 rings (SSSR count). The van der Waals surface area contributed by atoms with E-state index in [4.69, 9.17) is 16.7 Å². The minimum Gasteiger partial charge on any atom is -0.377 e. The maximum Gasteiger partial charge on any atom is 0.362 e. The molecule has 4 aliphatic carbocycles. The molecular formula is C60H30N8O16S5. The van der Waals surface area contributed by atoms with Gasteiger partial charge in [0.25, 0.3) is 23.1 Å². The van der Waals surface area contributed by atoms with E-state index in [9.17, 15) is 49.7 Å². The maximum atomic E-state index is 15.5. The van der Waals surface area contributed by atoms with Gasteiger partial charge in [-0.3, -0.25) is 19.2 Å². The Bertz CT molecular complexity index is 5540. The van der Waals surface area contributed by atoms with E-state index in [0.29, 0.717) is 17.1 Å². The Balaban J connectivity index is 1.15. The molecule has 0 fully saturated rings. The number of hydrogen-bond acceptors (Lipinski definition) is 17. The fraction of sp³-hybridized carbons (Fsp3) is 0. The molecule has 24 nitrogen and oxygen atoms in total. The van der Waals surface area contributed by atoms with Gasteiger partial charge in [-0.25, -0.2) is 0 Å². The van der Waals surface area contributed by atoms with E-state index in [-0.39, 0.29) is 60.2 Å². The standard InChI is InChI=1S/C60H30N8O16S5/c61-65-43-26-22-33-37(52(43)69)13-5-17-48(33)86(73,74)81-56-32-10-2-1-9-31(32)21-30-47(56)85-60-58(83-88(77,78)50-19-7-15-39-35(50)24-28-45(67-63)54(39)71)42-12-4-3-11-41(42)57(82-87(75,76)49-18-6-14-38-34(49)23-27-44(66-62)53(38)70)59(60)84-89(79,80)51-20-8-16-40-36(51)25-29-46(68-64)55(40)72/h1-30H. The van der Waals surface area contributed by atoms with Crippen molar-refractivity contribution in [2.45, 2.75) is 29.4 Å². The van der Waals surface area contributed by atoms with Gasteiger partial charge >= 0.3 is 63.3 Å². The molecule has 4 aliphatic rings. The van der Waals surface area contributed by atoms with Crippen molar-refractivity contribution in [2.75, 3.05) is 0 Å². The number of carbonyl (C=O) groups excluding carboxylic acids is 4. The van der Waals surface area contributed by atoms with Crippen molar-refractivity contribution in [3.8, 4) is 23.0 Å². The molecule has 0 radical (unpaired) electrons. The summed E-state index contributed by atoms with van der Waals surface area (Å²) in [7, 11) is -21.6. The van der Waals surface area contributed by atoms with Gasteiger partial charge in [-0.15, -0.1) is 0 Å². The quantitative estimate of drug-likeness (QED) is 0.0557. The van der Waals surface area contributed by atoms with Gasteiger partial charge < -0.3 is 38.9 Å². The fourth-order valence-electron chi connectivity index (χ4n) is 10.1. The van der Waals surface area contributed by atoms with Gasteiger partial charge in [-0.1, -0.05) is 115 Å². The van der Waals surface area contributed by atoms with Crippen LogP contribution < -0.4 is 16.7 Å². The first-order chi connectivity index (χ1) is 42.6. The lowest BCUT2D eigenvalue weighted by Gasteiger charge is -2.23. The number of carbonyl (C=O) groups is 4. The van der Waals surface area contributed by atoms with Crippen LogP contribution in [0.25, 0.3) is 68.0 Å². The number of rotatable bonds is 14. The first kappa shape index (κ1) is 58.2. The molecule has 0 spiro atoms. The number of Topliss-reactive ketones (excluding diaryl/α,β-unsaturated/α-hetero) is 4. The Morgan fingerprint density at radius 2 is 0.629 bits per heavy atom. The van der Waals surface area contributed by atoms with E-state index in [1.807, 2.05) is 0 Å². The molecule has 436 valence electrons. The number of fused-ring (bicyclic) bond motifs is 6. The van der Waals surface area contributed by atoms with Crippen LogP contribution in [0.1, 0.15) is 63.7 Å². The third-order valence-electron chi connectivity index (χ3n) is 14.2. The number of ketones is 4. The van der Waals surface area contributed by atoms with Gasteiger partial charge in [0.15, 0.2) is 17.2 Å². The molecule has 0 heterocycles. The summed E-state index contributed by atoms with van der Waals surface area (Å²) in [6.45, 7) is 0. The molecule has 89 heavy (non-hydrogen) atoms. The zero-order valence-electron chi connectivity index (χ0n) is 44.5. The van der Waals surface area contributed by atoms with Crippen LogP contribution >= 0.6 is 11.8 Å². The minimum atomic E-state index is -5.58. The van der Waals surface area contributed by atoms with Gasteiger partial charge in [0.1, 0.15) is 24.5 Å². The lowest BCUT2D eigenvalue weighted by atomic mass is 9.95. The highest BCUT2D eigenvalue weighted by molar-refractivity contribution is 8.00. The SMILES string of the molecule is [N-]=[N+]=C1C=Cc2c(cccc2S(=O)(=O)Oc2c(Sc3ccc4ccccc4c3OS(=O)(=O)c3cccc4c3C=CC(=[N+]=[N-])C4=O)c(OS(=O)(=O)c3cccc4c3C=CC(=[N+]=[N-])C4=O)c3ccccc3c2OS(=O)(=O)c2cccc3c2C=CC(=[N+]=[N-])C3=O)C1=O. The Morgan fingerprint density at radius 1 is 0.315 bits per heavy atom. The largest absolute Gasteiger partial charge is 0.377 e. The highest BCUT2D eigenvalue weighted by Gasteiger charge is 2.40. The first-order valence-corrected chi connectivity index (χ1v) is 31.9. The van der Waals surface area contributed by atoms with Crippen LogP contribution in [0.5, 0.6) is 23.0 Å². The summed E-state index contributed by atoms with van der Waals surface area (Å²) >= 11 is 0.293. The van der Waals surface area contributed by atoms with Gasteiger partial charge in [-0.05, 0) is 60.0 Å². The van der Waals surface area contributed by atoms with Crippen molar-refractivity contribution in [3.05, 3.63) is 224 Å². The fourth-order valence-corrected chi connectivity index (χ4v) is 16.0. The van der Waals surface area contributed by atoms with Crippen molar-refractivity contribution in [3.63, 3.8) is 0 Å². The lowest BCUT2D eigenvalue weighted by Crippen LogP contribution is -2.22. The molecule has 0 unspecified atom stereocenters. The summed E-state index contributed by atoms with van der Waals surface area (Å²) in [6.07, 6.45) is 8.67. The smallest absolute Gasteiger partial charge is 0.362 e. The monoisotopic (exact) mass is 1280 g/mol. The Morgan fingerprint density at radius 3 is 1.00 bits per heavy atom. The van der Waals surface area contributed by atoms with Crippen LogP contribution in [0.4, 0.5) is 0 Å². The zero-order chi connectivity index (χ0) is 62.9. The lowest BCUT2D eigenvalue weighted by molar-refractivity contribution is -0.00459. The predicted octanol–water partition coefficient (Wildman–Crippen LogP) is 8.74. The van der Waals surface area contributed by atoms with E-state index in [2.05, 4.69) is 19.2 Å². The van der Waals surface area contributed by atoms with Gasteiger partial charge in [0, 0.05) is 85.0 Å². The normalized spacial score (nSPS) is 14.3. The Labute approximate surface area is 506 Å². The topological polar surface area (TPSA) is 387 Å². The van der Waals surface area contributed by atoms with Crippen LogP contribution in [0, 0.1) is 0 Å². The number of hydrogen-bond donors (Lipinski definition) is 0. The molecule has 8 aromatic rings. The Hall–Kier alpha value is -11.2. The van der Waals surface area contributed by atoms with Crippen LogP contribution in [-0.2, 0) is 40.5 Å². The molecular weight excluding hydrogens is 1250 g/mol. The summed E-state index contributed by atoms with van der Waals surface area (Å²) in [5.74, 6) is -7.28. The van der Waals surface area contributed by atoms with Crippen LogP contribution in [0.2, 0.25) is 0 Å². The Kier molecular flexibility index (Phi) is 14.3. The third-order valence-corrected chi connectivity index (χ3v) is 20.4. The molecule has 0 saturated carbocycles. The van der Waals surface area contributed by atoms with E-state index in [1.165, 1.54) is 84.9 Å². The predicted molar refractivity (Wildman–Crippen MR) is 317 cm³/mol. The maximum absolute atomic E-state index is 15.5. The second-order valence-corrected chi connectivity index (χ2v) is 26.3. The van der Waals surface area contributed by atoms with Gasteiger partial charge in [0.2, 0.25) is 5.75 Å². The number of nitrogens with zero attached hydrogens (tertiary/aromatic N) is 8. The summed E-state index contributed by atoms with van der Waals surface area (Å²) < 4.78 is 146. The zero-order valence-corrected chi connectivity index (χ0v) is 48.6. The summed E-state index contributed by atoms with van der Waals surface area (Å²) in [4.78, 5) is 61.7. The summed E-state index contributed by atoms with van der Waals surface area (Å²) in [6, 6.07) is 27.6. The minimum absolute atomic E-state index is 0.0272. The molecule has 8 aromatic carbocycles. The average molecular weight is 1280 g/mol. The molecule has 0 aromatic heterocycles. The highest BCUT2D eigenvalue weighted by atomic mass is 32.2. The molecule has 0 saturated heterocycles. The molecule has 0 aliphatic heterocycles. The summed E-state index contributed by atoms with van der Waals surface area (Å²) in [5, 5.41) is -0.507. The van der Waals surface area contributed by atoms with E-state index in [0.717, 1.165) is 85.0 Å². The van der Waals surface area contributed by atoms with Gasteiger partial charge in [0.05, 0.1) is 4.90 Å². The third kappa shape index (κ3) is 9.95. The molecule has 29 heteroatoms. The second-order valence-electron chi connectivity index (χ2n) is 19.2.